The van der Waals surface area contributed by atoms with Gasteiger partial charge in [-0.05, 0) is 37.6 Å². The van der Waals surface area contributed by atoms with Gasteiger partial charge in [-0.2, -0.15) is 0 Å². The predicted octanol–water partition coefficient (Wildman–Crippen LogP) is 4.38. The summed E-state index contributed by atoms with van der Waals surface area (Å²) in [4.78, 5) is 12.0. The number of carbonyl (C=O) groups is 1. The van der Waals surface area contributed by atoms with Crippen LogP contribution in [0.4, 0.5) is 0 Å². The maximum absolute atomic E-state index is 12.0. The summed E-state index contributed by atoms with van der Waals surface area (Å²) < 4.78 is 11.0. The van der Waals surface area contributed by atoms with Crippen molar-refractivity contribution in [3.63, 3.8) is 0 Å². The predicted molar refractivity (Wildman–Crippen MR) is 88.6 cm³/mol. The van der Waals surface area contributed by atoms with E-state index in [9.17, 15) is 4.79 Å². The molecule has 0 atom stereocenters. The minimum atomic E-state index is -0.0259. The van der Waals surface area contributed by atoms with Gasteiger partial charge in [0, 0.05) is 5.56 Å². The van der Waals surface area contributed by atoms with Gasteiger partial charge in [0.25, 0.3) is 0 Å². The van der Waals surface area contributed by atoms with E-state index in [2.05, 4.69) is 0 Å². The molecule has 0 aliphatic heterocycles. The van der Waals surface area contributed by atoms with Gasteiger partial charge in [-0.25, -0.2) is 0 Å². The third-order valence-electron chi connectivity index (χ3n) is 3.04. The molecule has 2 aromatic rings. The van der Waals surface area contributed by atoms with Gasteiger partial charge in [0.1, 0.15) is 0 Å². The molecule has 0 radical (unpaired) electrons. The average Bonchev–Trinajstić information content (AvgIpc) is 2.54. The Morgan fingerprint density at radius 1 is 1.05 bits per heavy atom. The number of ether oxygens (including phenoxy) is 2. The Balaban J connectivity index is 2.16. The van der Waals surface area contributed by atoms with E-state index in [-0.39, 0.29) is 11.9 Å². The summed E-state index contributed by atoms with van der Waals surface area (Å²) in [6.07, 6.45) is 3.42. The molecular formula is C19H20O3. The number of hydrogen-bond donors (Lipinski definition) is 0. The molecule has 0 unspecified atom stereocenters. The van der Waals surface area contributed by atoms with Gasteiger partial charge < -0.3 is 9.47 Å². The van der Waals surface area contributed by atoms with Crippen molar-refractivity contribution in [1.29, 1.82) is 0 Å². The monoisotopic (exact) mass is 296 g/mol. The van der Waals surface area contributed by atoms with Gasteiger partial charge in [-0.1, -0.05) is 42.5 Å². The van der Waals surface area contributed by atoms with Gasteiger partial charge in [0.05, 0.1) is 13.2 Å². The van der Waals surface area contributed by atoms with Crippen molar-refractivity contribution in [2.24, 2.45) is 0 Å². The van der Waals surface area contributed by atoms with Gasteiger partial charge >= 0.3 is 0 Å². The fraction of sp³-hybridized carbons (Fsp3) is 0.211. The van der Waals surface area contributed by atoms with E-state index in [1.54, 1.807) is 31.4 Å². The maximum Gasteiger partial charge on any atom is 0.185 e. The number of methoxy groups -OCH3 is 1. The molecule has 22 heavy (non-hydrogen) atoms. The number of ketones is 1. The average molecular weight is 296 g/mol. The number of allylic oxidation sites excluding steroid dienone is 1. The van der Waals surface area contributed by atoms with E-state index >= 15 is 0 Å². The first-order valence-corrected chi connectivity index (χ1v) is 7.22. The molecular weight excluding hydrogens is 276 g/mol. The first-order valence-electron chi connectivity index (χ1n) is 7.22. The molecule has 0 spiro atoms. The van der Waals surface area contributed by atoms with Crippen LogP contribution in [-0.4, -0.2) is 19.0 Å². The summed E-state index contributed by atoms with van der Waals surface area (Å²) in [7, 11) is 1.60. The Morgan fingerprint density at radius 3 is 2.41 bits per heavy atom. The number of benzene rings is 2. The van der Waals surface area contributed by atoms with Crippen LogP contribution >= 0.6 is 0 Å². The van der Waals surface area contributed by atoms with Crippen molar-refractivity contribution in [2.75, 3.05) is 7.11 Å². The lowest BCUT2D eigenvalue weighted by molar-refractivity contribution is 0.104. The van der Waals surface area contributed by atoms with Crippen LogP contribution in [-0.2, 0) is 0 Å². The summed E-state index contributed by atoms with van der Waals surface area (Å²) in [5.74, 6) is 1.33. The zero-order valence-corrected chi connectivity index (χ0v) is 13.1. The van der Waals surface area contributed by atoms with Gasteiger partial charge in [-0.15, -0.1) is 0 Å². The van der Waals surface area contributed by atoms with Crippen LogP contribution in [0.25, 0.3) is 6.08 Å². The molecule has 0 saturated carbocycles. The van der Waals surface area contributed by atoms with Gasteiger partial charge in [-0.3, -0.25) is 4.79 Å². The zero-order valence-electron chi connectivity index (χ0n) is 13.1. The number of rotatable bonds is 6. The number of hydrogen-bond acceptors (Lipinski definition) is 3. The highest BCUT2D eigenvalue weighted by Gasteiger charge is 2.07. The lowest BCUT2D eigenvalue weighted by atomic mass is 10.1. The third-order valence-corrected chi connectivity index (χ3v) is 3.04. The van der Waals surface area contributed by atoms with Crippen molar-refractivity contribution < 1.29 is 14.3 Å². The van der Waals surface area contributed by atoms with Crippen LogP contribution < -0.4 is 9.47 Å². The fourth-order valence-corrected chi connectivity index (χ4v) is 2.01. The first-order chi connectivity index (χ1) is 10.6. The van der Waals surface area contributed by atoms with Crippen molar-refractivity contribution >= 4 is 11.9 Å². The smallest absolute Gasteiger partial charge is 0.185 e. The van der Waals surface area contributed by atoms with Crippen LogP contribution in [0.2, 0.25) is 0 Å². The van der Waals surface area contributed by atoms with E-state index in [1.807, 2.05) is 50.2 Å². The molecule has 0 fully saturated rings. The molecule has 3 nitrogen and oxygen atoms in total. The highest BCUT2D eigenvalue weighted by atomic mass is 16.5. The molecule has 2 aromatic carbocycles. The summed E-state index contributed by atoms with van der Waals surface area (Å²) in [6.45, 7) is 3.93. The molecule has 114 valence electrons. The zero-order chi connectivity index (χ0) is 15.9. The molecule has 0 bridgehead atoms. The van der Waals surface area contributed by atoms with E-state index in [4.69, 9.17) is 9.47 Å². The summed E-state index contributed by atoms with van der Waals surface area (Å²) >= 11 is 0. The van der Waals surface area contributed by atoms with E-state index < -0.39 is 0 Å². The van der Waals surface area contributed by atoms with Crippen molar-refractivity contribution in [2.45, 2.75) is 20.0 Å². The lowest BCUT2D eigenvalue weighted by Gasteiger charge is -2.13. The van der Waals surface area contributed by atoms with Crippen LogP contribution in [0.5, 0.6) is 11.5 Å². The second-order valence-electron chi connectivity index (χ2n) is 5.14. The second-order valence-corrected chi connectivity index (χ2v) is 5.14. The van der Waals surface area contributed by atoms with E-state index in [0.717, 1.165) is 5.56 Å². The Labute approximate surface area is 131 Å². The Kier molecular flexibility index (Phi) is 5.37. The normalized spacial score (nSPS) is 10.9. The highest BCUT2D eigenvalue weighted by Crippen LogP contribution is 2.29. The quantitative estimate of drug-likeness (QED) is 0.586. The largest absolute Gasteiger partial charge is 0.493 e. The van der Waals surface area contributed by atoms with Crippen LogP contribution in [0.3, 0.4) is 0 Å². The standard InChI is InChI=1S/C19H20O3/c1-14(2)22-18-12-10-15(13-19(18)21-3)9-11-17(20)16-7-5-4-6-8-16/h4-14H,1-3H3/b11-9+. The minimum Gasteiger partial charge on any atom is -0.493 e. The summed E-state index contributed by atoms with van der Waals surface area (Å²) in [5, 5.41) is 0. The van der Waals surface area contributed by atoms with Gasteiger partial charge in [0.15, 0.2) is 17.3 Å². The van der Waals surface area contributed by atoms with Crippen molar-refractivity contribution in [3.05, 3.63) is 65.7 Å². The Morgan fingerprint density at radius 2 is 1.77 bits per heavy atom. The summed E-state index contributed by atoms with van der Waals surface area (Å²) in [6, 6.07) is 14.8. The maximum atomic E-state index is 12.0. The third kappa shape index (κ3) is 4.22. The molecule has 0 heterocycles. The van der Waals surface area contributed by atoms with Crippen molar-refractivity contribution in [1.82, 2.24) is 0 Å². The summed E-state index contributed by atoms with van der Waals surface area (Å²) in [5.41, 5.74) is 1.56. The Hall–Kier alpha value is -2.55. The fourth-order valence-electron chi connectivity index (χ4n) is 2.01. The topological polar surface area (TPSA) is 35.5 Å². The van der Waals surface area contributed by atoms with Crippen LogP contribution in [0.15, 0.2) is 54.6 Å². The molecule has 0 amide bonds. The van der Waals surface area contributed by atoms with Crippen molar-refractivity contribution in [3.8, 4) is 11.5 Å². The molecule has 0 N–H and O–H groups in total. The highest BCUT2D eigenvalue weighted by molar-refractivity contribution is 6.06. The molecule has 0 saturated heterocycles. The SMILES string of the molecule is COc1cc(/C=C/C(=O)c2ccccc2)ccc1OC(C)C. The Bertz CT molecular complexity index is 658. The molecule has 0 aliphatic rings. The molecule has 2 rings (SSSR count). The molecule has 0 aromatic heterocycles. The lowest BCUT2D eigenvalue weighted by Crippen LogP contribution is -2.06. The molecule has 3 heteroatoms. The van der Waals surface area contributed by atoms with Gasteiger partial charge in [0.2, 0.25) is 0 Å². The second kappa shape index (κ2) is 7.46. The molecule has 0 aliphatic carbocycles. The van der Waals surface area contributed by atoms with E-state index in [0.29, 0.717) is 17.1 Å². The van der Waals surface area contributed by atoms with E-state index in [1.165, 1.54) is 0 Å². The minimum absolute atomic E-state index is 0.0259. The van der Waals surface area contributed by atoms with Crippen LogP contribution in [0, 0.1) is 0 Å². The first kappa shape index (κ1) is 15.8. The number of carbonyl (C=O) groups excluding carboxylic acids is 1. The van der Waals surface area contributed by atoms with Crippen LogP contribution in [0.1, 0.15) is 29.8 Å².